The van der Waals surface area contributed by atoms with Crippen LogP contribution in [0.25, 0.3) is 11.4 Å². The smallest absolute Gasteiger partial charge is 0.389 e. The molecule has 0 saturated carbocycles. The number of nitrogens with two attached hydrogens (primary N) is 1. The van der Waals surface area contributed by atoms with E-state index in [4.69, 9.17) is 10.3 Å². The molecule has 0 aliphatic carbocycles. The molecular weight excluding hydrogens is 288 g/mol. The second kappa shape index (κ2) is 5.28. The molecule has 9 nitrogen and oxygen atoms in total. The molecule has 1 aromatic carbocycles. The third-order valence-corrected chi connectivity index (χ3v) is 3.20. The highest BCUT2D eigenvalue weighted by Gasteiger charge is 2.16. The predicted octanol–water partition coefficient (Wildman–Crippen LogP) is 1.78. The lowest BCUT2D eigenvalue weighted by Crippen LogP contribution is -2.01. The molecular formula is C13H12N6O3. The number of nitrogens with zero attached hydrogens (tertiary/aromatic N) is 5. The van der Waals surface area contributed by atoms with Crippen molar-refractivity contribution in [2.45, 2.75) is 13.5 Å². The van der Waals surface area contributed by atoms with Crippen LogP contribution in [0.1, 0.15) is 11.5 Å². The van der Waals surface area contributed by atoms with Gasteiger partial charge in [0.1, 0.15) is 6.54 Å². The van der Waals surface area contributed by atoms with E-state index in [0.717, 1.165) is 11.1 Å². The van der Waals surface area contributed by atoms with Crippen molar-refractivity contribution in [1.29, 1.82) is 0 Å². The number of hydrogen-bond acceptors (Lipinski definition) is 7. The molecule has 0 radical (unpaired) electrons. The number of nitrogen functional groups attached to an aromatic ring is 1. The fourth-order valence-corrected chi connectivity index (χ4v) is 2.00. The van der Waals surface area contributed by atoms with Crippen LogP contribution in [0.5, 0.6) is 0 Å². The highest BCUT2D eigenvalue weighted by molar-refractivity contribution is 5.67. The molecule has 0 amide bonds. The summed E-state index contributed by atoms with van der Waals surface area (Å²) in [6.07, 6.45) is 1.48. The van der Waals surface area contributed by atoms with Gasteiger partial charge in [0.15, 0.2) is 0 Å². The fourth-order valence-electron chi connectivity index (χ4n) is 2.00. The summed E-state index contributed by atoms with van der Waals surface area (Å²) in [5.41, 5.74) is 8.14. The van der Waals surface area contributed by atoms with Crippen molar-refractivity contribution in [3.05, 3.63) is 52.0 Å². The molecule has 0 aliphatic rings. The maximum Gasteiger partial charge on any atom is 0.389 e. The summed E-state index contributed by atoms with van der Waals surface area (Å²) < 4.78 is 6.52. The first kappa shape index (κ1) is 13.7. The molecule has 2 N–H and O–H groups in total. The first-order valence-electron chi connectivity index (χ1n) is 6.40. The van der Waals surface area contributed by atoms with Crippen molar-refractivity contribution >= 4 is 11.5 Å². The maximum absolute atomic E-state index is 10.6. The molecule has 0 saturated heterocycles. The molecule has 0 spiro atoms. The molecule has 0 fully saturated rings. The Kier molecular flexibility index (Phi) is 3.30. The van der Waals surface area contributed by atoms with Crippen molar-refractivity contribution in [3.8, 4) is 11.4 Å². The van der Waals surface area contributed by atoms with E-state index in [1.54, 1.807) is 6.07 Å². The number of nitro groups is 1. The zero-order chi connectivity index (χ0) is 15.7. The average Bonchev–Trinajstić information content (AvgIpc) is 3.12. The normalized spacial score (nSPS) is 10.8. The Balaban J connectivity index is 1.84. The summed E-state index contributed by atoms with van der Waals surface area (Å²) in [5.74, 6) is 0.489. The molecule has 9 heteroatoms. The van der Waals surface area contributed by atoms with Crippen molar-refractivity contribution in [2.24, 2.45) is 0 Å². The fraction of sp³-hybridized carbons (Fsp3) is 0.154. The van der Waals surface area contributed by atoms with E-state index in [1.807, 2.05) is 19.1 Å². The third-order valence-electron chi connectivity index (χ3n) is 3.20. The van der Waals surface area contributed by atoms with Gasteiger partial charge < -0.3 is 20.4 Å². The van der Waals surface area contributed by atoms with Crippen LogP contribution in [-0.4, -0.2) is 24.8 Å². The van der Waals surface area contributed by atoms with E-state index < -0.39 is 4.92 Å². The molecule has 0 bridgehead atoms. The SMILES string of the molecule is Cc1c(N)cccc1-c1noc(Cn2ccc([N+](=O)[O-])n2)n1. The number of hydrogen-bond donors (Lipinski definition) is 1. The zero-order valence-electron chi connectivity index (χ0n) is 11.6. The Morgan fingerprint density at radius 2 is 2.23 bits per heavy atom. The van der Waals surface area contributed by atoms with Crippen LogP contribution in [0, 0.1) is 17.0 Å². The van der Waals surface area contributed by atoms with Crippen LogP contribution >= 0.6 is 0 Å². The molecule has 0 aliphatic heterocycles. The van der Waals surface area contributed by atoms with Gasteiger partial charge >= 0.3 is 5.82 Å². The van der Waals surface area contributed by atoms with E-state index in [2.05, 4.69) is 15.2 Å². The summed E-state index contributed by atoms with van der Waals surface area (Å²) >= 11 is 0. The Labute approximate surface area is 124 Å². The second-order valence-electron chi connectivity index (χ2n) is 4.66. The average molecular weight is 300 g/mol. The van der Waals surface area contributed by atoms with Crippen LogP contribution in [0.3, 0.4) is 0 Å². The van der Waals surface area contributed by atoms with E-state index in [-0.39, 0.29) is 12.4 Å². The lowest BCUT2D eigenvalue weighted by molar-refractivity contribution is -0.389. The third kappa shape index (κ3) is 2.51. The van der Waals surface area contributed by atoms with Gasteiger partial charge in [0.25, 0.3) is 5.89 Å². The Hall–Kier alpha value is -3.23. The molecule has 22 heavy (non-hydrogen) atoms. The van der Waals surface area contributed by atoms with E-state index >= 15 is 0 Å². The quantitative estimate of drug-likeness (QED) is 0.442. The zero-order valence-corrected chi connectivity index (χ0v) is 11.6. The lowest BCUT2D eigenvalue weighted by atomic mass is 10.1. The summed E-state index contributed by atoms with van der Waals surface area (Å²) in [4.78, 5) is 14.3. The Morgan fingerprint density at radius 3 is 2.95 bits per heavy atom. The lowest BCUT2D eigenvalue weighted by Gasteiger charge is -2.03. The van der Waals surface area contributed by atoms with Gasteiger partial charge in [-0.25, -0.2) is 0 Å². The van der Waals surface area contributed by atoms with Crippen molar-refractivity contribution in [1.82, 2.24) is 19.9 Å². The Morgan fingerprint density at radius 1 is 1.41 bits per heavy atom. The van der Waals surface area contributed by atoms with Gasteiger partial charge in [0.05, 0.1) is 17.4 Å². The standard InChI is InChI=1S/C13H12N6O3/c1-8-9(3-2-4-10(8)14)13-15-12(22-17-13)7-18-6-5-11(16-18)19(20)21/h2-6H,7,14H2,1H3. The minimum Gasteiger partial charge on any atom is -0.398 e. The minimum atomic E-state index is -0.564. The van der Waals surface area contributed by atoms with Crippen molar-refractivity contribution in [3.63, 3.8) is 0 Å². The van der Waals surface area contributed by atoms with Gasteiger partial charge in [-0.3, -0.25) is 0 Å². The Bertz CT molecular complexity index is 838. The summed E-state index contributed by atoms with van der Waals surface area (Å²) in [6, 6.07) is 6.76. The highest BCUT2D eigenvalue weighted by Crippen LogP contribution is 2.24. The topological polar surface area (TPSA) is 126 Å². The molecule has 0 unspecified atom stereocenters. The highest BCUT2D eigenvalue weighted by atomic mass is 16.6. The van der Waals surface area contributed by atoms with E-state index in [0.29, 0.717) is 17.4 Å². The van der Waals surface area contributed by atoms with Crippen LogP contribution in [0.15, 0.2) is 35.0 Å². The van der Waals surface area contributed by atoms with Gasteiger partial charge in [0, 0.05) is 11.3 Å². The van der Waals surface area contributed by atoms with Gasteiger partial charge in [-0.1, -0.05) is 17.3 Å². The molecule has 2 aromatic heterocycles. The first-order chi connectivity index (χ1) is 10.5. The first-order valence-corrected chi connectivity index (χ1v) is 6.40. The van der Waals surface area contributed by atoms with Gasteiger partial charge in [-0.2, -0.15) is 9.67 Å². The van der Waals surface area contributed by atoms with Crippen LogP contribution in [0.2, 0.25) is 0 Å². The van der Waals surface area contributed by atoms with E-state index in [1.165, 1.54) is 16.9 Å². The molecule has 3 rings (SSSR count). The van der Waals surface area contributed by atoms with Crippen LogP contribution in [0.4, 0.5) is 11.5 Å². The van der Waals surface area contributed by atoms with Gasteiger partial charge in [0.2, 0.25) is 5.82 Å². The van der Waals surface area contributed by atoms with Crippen molar-refractivity contribution in [2.75, 3.05) is 5.73 Å². The van der Waals surface area contributed by atoms with Gasteiger partial charge in [-0.05, 0) is 23.5 Å². The van der Waals surface area contributed by atoms with Gasteiger partial charge in [-0.15, -0.1) is 0 Å². The monoisotopic (exact) mass is 300 g/mol. The van der Waals surface area contributed by atoms with Crippen LogP contribution < -0.4 is 5.73 Å². The van der Waals surface area contributed by atoms with Crippen molar-refractivity contribution < 1.29 is 9.45 Å². The maximum atomic E-state index is 10.6. The number of rotatable bonds is 4. The minimum absolute atomic E-state index is 0.155. The number of anilines is 1. The predicted molar refractivity (Wildman–Crippen MR) is 76.9 cm³/mol. The summed E-state index contributed by atoms with van der Waals surface area (Å²) in [6.45, 7) is 2.03. The summed E-state index contributed by atoms with van der Waals surface area (Å²) in [7, 11) is 0. The molecule has 112 valence electrons. The van der Waals surface area contributed by atoms with E-state index in [9.17, 15) is 10.1 Å². The molecule has 2 heterocycles. The largest absolute Gasteiger partial charge is 0.398 e. The number of aromatic nitrogens is 4. The van der Waals surface area contributed by atoms with Crippen LogP contribution in [-0.2, 0) is 6.54 Å². The number of benzene rings is 1. The molecule has 0 atom stereocenters. The summed E-state index contributed by atoms with van der Waals surface area (Å²) in [5, 5.41) is 18.3. The second-order valence-corrected chi connectivity index (χ2v) is 4.66. The molecule has 3 aromatic rings.